The number of methoxy groups -OCH3 is 1. The largest absolute Gasteiger partial charge is 0.548 e. The summed E-state index contributed by atoms with van der Waals surface area (Å²) in [4.78, 5) is 36.0. The molecule has 0 aliphatic rings. The number of carboxylic acids is 1. The van der Waals surface area contributed by atoms with Crippen molar-refractivity contribution in [3.63, 3.8) is 0 Å². The highest BCUT2D eigenvalue weighted by Gasteiger charge is 2.16. The number of nitrogens with one attached hydrogen (secondary N) is 1. The molecule has 0 bridgehead atoms. The topological polar surface area (TPSA) is 118 Å². The standard InChI is InChI=1S/C27H22ClNO7/c1-34-19-8-4-17(5-9-19)22-14-26(31)36-24-13-20(10-11-21(22)24)35-15-25(30)29-23(27(32)33)12-16-2-6-18(28)7-3-16/h2-11,13-14,23H,12,15H2,1H3,(H,29,30)(H,32,33)/p-1/t23-/m0/s1. The van der Waals surface area contributed by atoms with Crippen molar-refractivity contribution in [3.05, 3.63) is 93.8 Å². The Morgan fingerprint density at radius 2 is 1.69 bits per heavy atom. The van der Waals surface area contributed by atoms with Gasteiger partial charge in [-0.2, -0.15) is 0 Å². The van der Waals surface area contributed by atoms with Crippen LogP contribution in [-0.2, 0) is 16.0 Å². The van der Waals surface area contributed by atoms with Crippen molar-refractivity contribution in [2.75, 3.05) is 13.7 Å². The number of benzene rings is 3. The number of aliphatic carboxylic acids is 1. The van der Waals surface area contributed by atoms with Gasteiger partial charge in [0.1, 0.15) is 17.1 Å². The summed E-state index contributed by atoms with van der Waals surface area (Å²) in [5.74, 6) is -1.10. The Labute approximate surface area is 211 Å². The molecule has 4 rings (SSSR count). The number of hydrogen-bond acceptors (Lipinski definition) is 7. The molecule has 184 valence electrons. The second kappa shape index (κ2) is 11.0. The summed E-state index contributed by atoms with van der Waals surface area (Å²) in [5, 5.41) is 15.1. The zero-order valence-corrected chi connectivity index (χ0v) is 19.9. The monoisotopic (exact) mass is 506 g/mol. The van der Waals surface area contributed by atoms with Gasteiger partial charge in [0.15, 0.2) is 6.61 Å². The molecule has 36 heavy (non-hydrogen) atoms. The average molecular weight is 507 g/mol. The normalized spacial score (nSPS) is 11.6. The van der Waals surface area contributed by atoms with E-state index in [0.29, 0.717) is 27.3 Å². The molecule has 0 saturated heterocycles. The summed E-state index contributed by atoms with van der Waals surface area (Å²) >= 11 is 5.85. The summed E-state index contributed by atoms with van der Waals surface area (Å²) in [6.07, 6.45) is 0.0283. The van der Waals surface area contributed by atoms with E-state index >= 15 is 0 Å². The van der Waals surface area contributed by atoms with Crippen LogP contribution in [0.1, 0.15) is 5.56 Å². The molecule has 8 nitrogen and oxygen atoms in total. The van der Waals surface area contributed by atoms with Crippen LogP contribution >= 0.6 is 11.6 Å². The van der Waals surface area contributed by atoms with Crippen molar-refractivity contribution < 1.29 is 28.6 Å². The van der Waals surface area contributed by atoms with E-state index in [1.54, 1.807) is 55.6 Å². The first kappa shape index (κ1) is 24.8. The smallest absolute Gasteiger partial charge is 0.336 e. The van der Waals surface area contributed by atoms with Gasteiger partial charge in [0.2, 0.25) is 0 Å². The Bertz CT molecular complexity index is 1450. The van der Waals surface area contributed by atoms with Crippen LogP contribution in [0.15, 0.2) is 82.0 Å². The number of fused-ring (bicyclic) bond motifs is 1. The van der Waals surface area contributed by atoms with Crippen LogP contribution in [0.4, 0.5) is 0 Å². The van der Waals surface area contributed by atoms with Crippen molar-refractivity contribution in [1.29, 1.82) is 0 Å². The molecule has 1 aromatic heterocycles. The number of amides is 1. The van der Waals surface area contributed by atoms with Crippen molar-refractivity contribution >= 4 is 34.4 Å². The minimum atomic E-state index is -1.42. The van der Waals surface area contributed by atoms with Crippen molar-refractivity contribution in [1.82, 2.24) is 5.32 Å². The maximum absolute atomic E-state index is 12.4. The highest BCUT2D eigenvalue weighted by atomic mass is 35.5. The molecular formula is C27H21ClNO7-. The van der Waals surface area contributed by atoms with Gasteiger partial charge in [0.05, 0.1) is 19.1 Å². The minimum Gasteiger partial charge on any atom is -0.548 e. The van der Waals surface area contributed by atoms with E-state index in [4.69, 9.17) is 25.5 Å². The lowest BCUT2D eigenvalue weighted by Gasteiger charge is -2.20. The molecule has 1 atom stereocenters. The van der Waals surface area contributed by atoms with Crippen molar-refractivity contribution in [3.8, 4) is 22.6 Å². The molecule has 0 aliphatic heterocycles. The minimum absolute atomic E-state index is 0.0283. The van der Waals surface area contributed by atoms with E-state index < -0.39 is 30.2 Å². The van der Waals surface area contributed by atoms with E-state index in [-0.39, 0.29) is 17.8 Å². The second-order valence-corrected chi connectivity index (χ2v) is 8.36. The van der Waals surface area contributed by atoms with Gasteiger partial charge in [-0.15, -0.1) is 0 Å². The summed E-state index contributed by atoms with van der Waals surface area (Å²) < 4.78 is 16.0. The number of ether oxygens (including phenoxy) is 2. The van der Waals surface area contributed by atoms with Crippen LogP contribution in [0, 0.1) is 0 Å². The first-order valence-corrected chi connectivity index (χ1v) is 11.3. The lowest BCUT2D eigenvalue weighted by atomic mass is 10.0. The van der Waals surface area contributed by atoms with E-state index in [1.807, 2.05) is 12.1 Å². The first-order chi connectivity index (χ1) is 17.3. The maximum atomic E-state index is 12.4. The number of halogens is 1. The van der Waals surface area contributed by atoms with Crippen LogP contribution in [0.2, 0.25) is 5.02 Å². The van der Waals surface area contributed by atoms with Gasteiger partial charge in [-0.05, 0) is 59.5 Å². The predicted molar refractivity (Wildman–Crippen MR) is 132 cm³/mol. The zero-order chi connectivity index (χ0) is 25.7. The third-order valence-corrected chi connectivity index (χ3v) is 5.71. The molecule has 1 heterocycles. The zero-order valence-electron chi connectivity index (χ0n) is 19.2. The van der Waals surface area contributed by atoms with Crippen LogP contribution in [0.25, 0.3) is 22.1 Å². The van der Waals surface area contributed by atoms with Crippen LogP contribution in [0.3, 0.4) is 0 Å². The Hall–Kier alpha value is -4.30. The molecule has 0 fully saturated rings. The van der Waals surface area contributed by atoms with Gasteiger partial charge in [-0.3, -0.25) is 4.79 Å². The highest BCUT2D eigenvalue weighted by Crippen LogP contribution is 2.30. The molecule has 9 heteroatoms. The predicted octanol–water partition coefficient (Wildman–Crippen LogP) is 2.98. The van der Waals surface area contributed by atoms with E-state index in [2.05, 4.69) is 5.32 Å². The molecule has 0 unspecified atom stereocenters. The van der Waals surface area contributed by atoms with Gasteiger partial charge >= 0.3 is 5.63 Å². The van der Waals surface area contributed by atoms with Gasteiger partial charge < -0.3 is 29.1 Å². The maximum Gasteiger partial charge on any atom is 0.336 e. The number of hydrogen-bond donors (Lipinski definition) is 1. The third-order valence-electron chi connectivity index (χ3n) is 5.46. The van der Waals surface area contributed by atoms with E-state index in [1.165, 1.54) is 12.1 Å². The average Bonchev–Trinajstić information content (AvgIpc) is 2.87. The van der Waals surface area contributed by atoms with Gasteiger partial charge in [-0.25, -0.2) is 4.79 Å². The molecule has 1 amide bonds. The number of carboxylic acid groups (broad SMARTS) is 1. The summed E-state index contributed by atoms with van der Waals surface area (Å²) in [7, 11) is 1.57. The summed E-state index contributed by atoms with van der Waals surface area (Å²) in [6, 6.07) is 18.9. The quantitative estimate of drug-likeness (QED) is 0.347. The molecule has 3 aromatic carbocycles. The third kappa shape index (κ3) is 6.03. The first-order valence-electron chi connectivity index (χ1n) is 10.9. The fraction of sp³-hybridized carbons (Fsp3) is 0.148. The number of rotatable bonds is 9. The molecule has 0 aliphatic carbocycles. The Morgan fingerprint density at radius 3 is 2.36 bits per heavy atom. The second-order valence-electron chi connectivity index (χ2n) is 7.92. The summed E-state index contributed by atoms with van der Waals surface area (Å²) in [6.45, 7) is -0.446. The molecule has 1 N–H and O–H groups in total. The Balaban J connectivity index is 1.46. The number of carbonyl (C=O) groups excluding carboxylic acids is 2. The lowest BCUT2D eigenvalue weighted by molar-refractivity contribution is -0.308. The van der Waals surface area contributed by atoms with Crippen molar-refractivity contribution in [2.45, 2.75) is 12.5 Å². The van der Waals surface area contributed by atoms with Crippen molar-refractivity contribution in [2.24, 2.45) is 0 Å². The van der Waals surface area contributed by atoms with Gasteiger partial charge in [0.25, 0.3) is 5.91 Å². The fourth-order valence-corrected chi connectivity index (χ4v) is 3.80. The van der Waals surface area contributed by atoms with Gasteiger partial charge in [0, 0.05) is 22.5 Å². The van der Waals surface area contributed by atoms with E-state index in [0.717, 1.165) is 5.56 Å². The van der Waals surface area contributed by atoms with Crippen LogP contribution in [-0.4, -0.2) is 31.6 Å². The molecule has 0 radical (unpaired) electrons. The molecule has 0 saturated carbocycles. The Morgan fingerprint density at radius 1 is 1.00 bits per heavy atom. The molecular weight excluding hydrogens is 486 g/mol. The Kier molecular flexibility index (Phi) is 7.56. The van der Waals surface area contributed by atoms with Gasteiger partial charge in [-0.1, -0.05) is 35.9 Å². The molecule has 4 aromatic rings. The number of carbonyl (C=O) groups is 2. The highest BCUT2D eigenvalue weighted by molar-refractivity contribution is 6.30. The fourth-order valence-electron chi connectivity index (χ4n) is 3.68. The van der Waals surface area contributed by atoms with Crippen LogP contribution in [0.5, 0.6) is 11.5 Å². The molecule has 0 spiro atoms. The SMILES string of the molecule is COc1ccc(-c2cc(=O)oc3cc(OCC(=O)N[C@@H](Cc4ccc(Cl)cc4)C(=O)[O-])ccc23)cc1. The lowest BCUT2D eigenvalue weighted by Crippen LogP contribution is -2.50. The van der Waals surface area contributed by atoms with E-state index in [9.17, 15) is 19.5 Å². The summed E-state index contributed by atoms with van der Waals surface area (Å²) in [5.41, 5.74) is 1.89. The van der Waals surface area contributed by atoms with Crippen LogP contribution < -0.4 is 25.5 Å².